The first-order chi connectivity index (χ1) is 12.8. The summed E-state index contributed by atoms with van der Waals surface area (Å²) in [6, 6.07) is 14.9. The maximum atomic E-state index is 12.8. The van der Waals surface area contributed by atoms with Gasteiger partial charge in [0, 0.05) is 0 Å². The molecule has 5 nitrogen and oxygen atoms in total. The third-order valence-corrected chi connectivity index (χ3v) is 4.18. The minimum absolute atomic E-state index is 0.395. The molecule has 0 N–H and O–H groups in total. The van der Waals surface area contributed by atoms with Gasteiger partial charge in [0.2, 0.25) is 0 Å². The number of esters is 1. The summed E-state index contributed by atoms with van der Waals surface area (Å²) < 4.78 is 10.3. The van der Waals surface area contributed by atoms with Gasteiger partial charge in [0.1, 0.15) is 5.60 Å². The van der Waals surface area contributed by atoms with Gasteiger partial charge in [-0.3, -0.25) is 4.90 Å². The molecule has 0 aromatic heterocycles. The van der Waals surface area contributed by atoms with Crippen LogP contribution in [-0.2, 0) is 16.0 Å². The lowest BCUT2D eigenvalue weighted by atomic mass is 9.98. The summed E-state index contributed by atoms with van der Waals surface area (Å²) in [5.74, 6) is -0.395. The number of fused-ring (bicyclic) bond motifs is 1. The van der Waals surface area contributed by atoms with Crippen molar-refractivity contribution < 1.29 is 19.1 Å². The van der Waals surface area contributed by atoms with Gasteiger partial charge in [-0.05, 0) is 55.7 Å². The minimum atomic E-state index is -0.589. The summed E-state index contributed by atoms with van der Waals surface area (Å²) >= 11 is 0. The Morgan fingerprint density at radius 3 is 2.30 bits per heavy atom. The number of hydrogen-bond acceptors (Lipinski definition) is 4. The number of rotatable bonds is 2. The van der Waals surface area contributed by atoms with Crippen LogP contribution in [0.2, 0.25) is 0 Å². The van der Waals surface area contributed by atoms with Gasteiger partial charge in [-0.2, -0.15) is 0 Å². The molecule has 0 aliphatic carbocycles. The zero-order chi connectivity index (χ0) is 19.6. The van der Waals surface area contributed by atoms with Gasteiger partial charge < -0.3 is 9.47 Å². The van der Waals surface area contributed by atoms with E-state index in [-0.39, 0.29) is 0 Å². The molecule has 0 fully saturated rings. The maximum absolute atomic E-state index is 12.8. The highest BCUT2D eigenvalue weighted by Crippen LogP contribution is 2.32. The third-order valence-electron chi connectivity index (χ3n) is 4.18. The Bertz CT molecular complexity index is 891. The first kappa shape index (κ1) is 18.7. The van der Waals surface area contributed by atoms with Crippen LogP contribution in [0.1, 0.15) is 47.8 Å². The molecule has 1 heterocycles. The van der Waals surface area contributed by atoms with Crippen LogP contribution in [0.4, 0.5) is 4.79 Å². The van der Waals surface area contributed by atoms with E-state index >= 15 is 0 Å². The molecular formula is C22H23NO4. The van der Waals surface area contributed by atoms with Crippen molar-refractivity contribution in [3.8, 4) is 0 Å². The average molecular weight is 365 g/mol. The van der Waals surface area contributed by atoms with Gasteiger partial charge in [-0.1, -0.05) is 36.4 Å². The lowest BCUT2D eigenvalue weighted by molar-refractivity contribution is 0.0341. The molecule has 5 heteroatoms. The minimum Gasteiger partial charge on any atom is -0.465 e. The fraction of sp³-hybridized carbons (Fsp3) is 0.273. The van der Waals surface area contributed by atoms with Crippen LogP contribution in [-0.4, -0.2) is 29.7 Å². The number of amides is 1. The van der Waals surface area contributed by atoms with Crippen LogP contribution >= 0.6 is 0 Å². The van der Waals surface area contributed by atoms with Gasteiger partial charge in [-0.25, -0.2) is 9.59 Å². The predicted octanol–water partition coefficient (Wildman–Crippen LogP) is 4.72. The van der Waals surface area contributed by atoms with Crippen LogP contribution in [0.3, 0.4) is 0 Å². The van der Waals surface area contributed by atoms with Crippen molar-refractivity contribution in [1.29, 1.82) is 0 Å². The van der Waals surface area contributed by atoms with Crippen LogP contribution < -0.4 is 0 Å². The largest absolute Gasteiger partial charge is 0.465 e. The topological polar surface area (TPSA) is 55.8 Å². The number of benzene rings is 2. The Labute approximate surface area is 159 Å². The summed E-state index contributed by atoms with van der Waals surface area (Å²) in [6.45, 7) is 5.96. The lowest BCUT2D eigenvalue weighted by Crippen LogP contribution is -2.36. The highest BCUT2D eigenvalue weighted by molar-refractivity contribution is 5.93. The van der Waals surface area contributed by atoms with E-state index in [1.807, 2.05) is 63.2 Å². The summed E-state index contributed by atoms with van der Waals surface area (Å²) in [5, 5.41) is 0. The quantitative estimate of drug-likeness (QED) is 0.723. The van der Waals surface area contributed by atoms with E-state index in [9.17, 15) is 9.59 Å². The normalized spacial score (nSPS) is 13.5. The van der Waals surface area contributed by atoms with E-state index in [0.717, 1.165) is 22.4 Å². The second kappa shape index (κ2) is 7.27. The Kier molecular flexibility index (Phi) is 5.04. The van der Waals surface area contributed by atoms with Crippen LogP contribution in [0.15, 0.2) is 48.5 Å². The second-order valence-electron chi connectivity index (χ2n) is 7.36. The molecule has 140 valence electrons. The van der Waals surface area contributed by atoms with E-state index in [4.69, 9.17) is 9.47 Å². The number of nitrogens with zero attached hydrogens (tertiary/aromatic N) is 1. The molecular weight excluding hydrogens is 342 g/mol. The summed E-state index contributed by atoms with van der Waals surface area (Å²) in [4.78, 5) is 26.1. The molecule has 0 bridgehead atoms. The molecule has 2 aromatic carbocycles. The van der Waals surface area contributed by atoms with Gasteiger partial charge in [0.05, 0.1) is 24.9 Å². The maximum Gasteiger partial charge on any atom is 0.415 e. The van der Waals surface area contributed by atoms with E-state index in [2.05, 4.69) is 0 Å². The molecule has 1 amide bonds. The van der Waals surface area contributed by atoms with E-state index in [1.54, 1.807) is 17.0 Å². The molecule has 1 aliphatic heterocycles. The number of ether oxygens (including phenoxy) is 2. The van der Waals surface area contributed by atoms with Crippen molar-refractivity contribution in [2.75, 3.05) is 7.11 Å². The predicted molar refractivity (Wildman–Crippen MR) is 104 cm³/mol. The van der Waals surface area contributed by atoms with Crippen molar-refractivity contribution >= 4 is 23.8 Å². The van der Waals surface area contributed by atoms with Gasteiger partial charge in [0.25, 0.3) is 0 Å². The molecule has 1 aliphatic rings. The van der Waals surface area contributed by atoms with E-state index in [0.29, 0.717) is 12.1 Å². The SMILES string of the molecule is COC(=O)c1ccc(C2=Cc3ccccc3CN2C(=O)OC(C)(C)C)cc1. The standard InChI is InChI=1S/C22H23NO4/c1-22(2,3)27-21(25)23-14-18-8-6-5-7-17(18)13-19(23)15-9-11-16(12-10-15)20(24)26-4/h5-13H,14H2,1-4H3. The smallest absolute Gasteiger partial charge is 0.415 e. The Morgan fingerprint density at radius 1 is 1.00 bits per heavy atom. The highest BCUT2D eigenvalue weighted by Gasteiger charge is 2.29. The monoisotopic (exact) mass is 365 g/mol. The molecule has 27 heavy (non-hydrogen) atoms. The zero-order valence-corrected chi connectivity index (χ0v) is 16.0. The van der Waals surface area contributed by atoms with Crippen LogP contribution in [0.5, 0.6) is 0 Å². The summed E-state index contributed by atoms with van der Waals surface area (Å²) in [6.07, 6.45) is 1.57. The molecule has 0 unspecified atom stereocenters. The zero-order valence-electron chi connectivity index (χ0n) is 16.0. The van der Waals surface area contributed by atoms with Crippen molar-refractivity contribution in [1.82, 2.24) is 4.90 Å². The lowest BCUT2D eigenvalue weighted by Gasteiger charge is -2.32. The summed E-state index contributed by atoms with van der Waals surface area (Å²) in [5.41, 5.74) is 3.54. The molecule has 2 aromatic rings. The van der Waals surface area contributed by atoms with Crippen LogP contribution in [0, 0.1) is 0 Å². The number of hydrogen-bond donors (Lipinski definition) is 0. The van der Waals surface area contributed by atoms with Crippen LogP contribution in [0.25, 0.3) is 11.8 Å². The summed E-state index contributed by atoms with van der Waals surface area (Å²) in [7, 11) is 1.35. The van der Waals surface area contributed by atoms with Crippen molar-refractivity contribution in [2.24, 2.45) is 0 Å². The van der Waals surface area contributed by atoms with Crippen molar-refractivity contribution in [3.63, 3.8) is 0 Å². The Morgan fingerprint density at radius 2 is 1.67 bits per heavy atom. The fourth-order valence-corrected chi connectivity index (χ4v) is 2.91. The molecule has 0 saturated carbocycles. The molecule has 0 radical (unpaired) electrons. The van der Waals surface area contributed by atoms with Gasteiger partial charge in [-0.15, -0.1) is 0 Å². The highest BCUT2D eigenvalue weighted by atomic mass is 16.6. The molecule has 0 saturated heterocycles. The number of carbonyl (C=O) groups excluding carboxylic acids is 2. The molecule has 3 rings (SSSR count). The van der Waals surface area contributed by atoms with Gasteiger partial charge >= 0.3 is 12.1 Å². The Balaban J connectivity index is 2.00. The first-order valence-electron chi connectivity index (χ1n) is 8.77. The van der Waals surface area contributed by atoms with E-state index < -0.39 is 17.7 Å². The Hall–Kier alpha value is -3.08. The van der Waals surface area contributed by atoms with E-state index in [1.165, 1.54) is 7.11 Å². The molecule has 0 spiro atoms. The third kappa shape index (κ3) is 4.19. The molecule has 0 atom stereocenters. The van der Waals surface area contributed by atoms with Crippen molar-refractivity contribution in [2.45, 2.75) is 32.9 Å². The first-order valence-corrected chi connectivity index (χ1v) is 8.77. The number of methoxy groups -OCH3 is 1. The average Bonchev–Trinajstić information content (AvgIpc) is 2.65. The fourth-order valence-electron chi connectivity index (χ4n) is 2.91. The van der Waals surface area contributed by atoms with Gasteiger partial charge in [0.15, 0.2) is 0 Å². The second-order valence-corrected chi connectivity index (χ2v) is 7.36. The number of carbonyl (C=O) groups is 2. The van der Waals surface area contributed by atoms with Crippen molar-refractivity contribution in [3.05, 3.63) is 70.8 Å².